The Bertz CT molecular complexity index is 656. The van der Waals surface area contributed by atoms with Crippen LogP contribution in [0.1, 0.15) is 11.1 Å². The van der Waals surface area contributed by atoms with Crippen molar-refractivity contribution < 1.29 is 18.7 Å². The molecule has 26 heavy (non-hydrogen) atoms. The van der Waals surface area contributed by atoms with E-state index in [1.807, 2.05) is 6.07 Å². The second-order valence-electron chi connectivity index (χ2n) is 6.03. The van der Waals surface area contributed by atoms with Crippen molar-refractivity contribution in [2.45, 2.75) is 13.0 Å². The van der Waals surface area contributed by atoms with Crippen LogP contribution < -0.4 is 10.6 Å². The van der Waals surface area contributed by atoms with Crippen LogP contribution in [0.25, 0.3) is 0 Å². The average Bonchev–Trinajstić information content (AvgIpc) is 2.65. The molecule has 1 fully saturated rings. The number of rotatable bonds is 5. The first kappa shape index (κ1) is 21.0. The number of hydrogen-bond acceptors (Lipinski definition) is 5. The molecule has 1 saturated heterocycles. The molecule has 2 aliphatic heterocycles. The van der Waals surface area contributed by atoms with Gasteiger partial charge in [-0.1, -0.05) is 6.07 Å². The van der Waals surface area contributed by atoms with Crippen LogP contribution in [0.15, 0.2) is 12.1 Å². The highest BCUT2D eigenvalue weighted by Crippen LogP contribution is 2.24. The van der Waals surface area contributed by atoms with Crippen LogP contribution >= 0.6 is 24.2 Å². The number of anilines is 1. The summed E-state index contributed by atoms with van der Waals surface area (Å²) < 4.78 is 19.7. The summed E-state index contributed by atoms with van der Waals surface area (Å²) >= 11 is 1.24. The van der Waals surface area contributed by atoms with Crippen molar-refractivity contribution in [3.05, 3.63) is 29.1 Å². The highest BCUT2D eigenvalue weighted by atomic mass is 35.5. The number of benzene rings is 1. The molecule has 3 rings (SSSR count). The zero-order chi connectivity index (χ0) is 17.6. The van der Waals surface area contributed by atoms with Crippen molar-refractivity contribution in [1.82, 2.24) is 10.2 Å². The molecule has 0 radical (unpaired) electrons. The Morgan fingerprint density at radius 2 is 2.04 bits per heavy atom. The number of thioether (sulfide) groups is 1. The lowest BCUT2D eigenvalue weighted by Crippen LogP contribution is -2.41. The van der Waals surface area contributed by atoms with E-state index in [1.165, 1.54) is 11.8 Å². The monoisotopic (exact) mass is 403 g/mol. The molecule has 0 spiro atoms. The smallest absolute Gasteiger partial charge is 0.234 e. The molecule has 0 saturated carbocycles. The molecular formula is C17H23ClFN3O3S. The molecule has 2 heterocycles. The third-order valence-electron chi connectivity index (χ3n) is 4.30. The van der Waals surface area contributed by atoms with E-state index in [0.29, 0.717) is 44.8 Å². The fourth-order valence-corrected chi connectivity index (χ4v) is 3.67. The zero-order valence-corrected chi connectivity index (χ0v) is 16.0. The number of hydrogen-bond donors (Lipinski definition) is 2. The van der Waals surface area contributed by atoms with Crippen molar-refractivity contribution in [2.24, 2.45) is 0 Å². The number of fused-ring (bicyclic) bond motifs is 1. The third kappa shape index (κ3) is 5.33. The molecule has 0 aromatic heterocycles. The van der Waals surface area contributed by atoms with Gasteiger partial charge < -0.3 is 20.3 Å². The van der Waals surface area contributed by atoms with Gasteiger partial charge in [0.05, 0.1) is 30.4 Å². The normalized spacial score (nSPS) is 16.4. The van der Waals surface area contributed by atoms with E-state index in [1.54, 1.807) is 11.0 Å². The van der Waals surface area contributed by atoms with Crippen molar-refractivity contribution in [1.29, 1.82) is 0 Å². The summed E-state index contributed by atoms with van der Waals surface area (Å²) in [5, 5.41) is 5.81. The Hall–Kier alpha value is -1.35. The molecule has 0 unspecified atom stereocenters. The van der Waals surface area contributed by atoms with E-state index < -0.39 is 0 Å². The number of nitrogens with one attached hydrogen (secondary N) is 2. The van der Waals surface area contributed by atoms with Crippen LogP contribution in [-0.4, -0.2) is 61.1 Å². The van der Waals surface area contributed by atoms with Gasteiger partial charge in [-0.05, 0) is 30.2 Å². The van der Waals surface area contributed by atoms with Crippen LogP contribution in [0.3, 0.4) is 0 Å². The van der Waals surface area contributed by atoms with E-state index in [4.69, 9.17) is 4.74 Å². The summed E-state index contributed by atoms with van der Waals surface area (Å²) in [5.74, 6) is -0.275. The maximum absolute atomic E-state index is 14.5. The highest BCUT2D eigenvalue weighted by Gasteiger charge is 2.19. The summed E-state index contributed by atoms with van der Waals surface area (Å²) in [6, 6.07) is 3.44. The topological polar surface area (TPSA) is 70.7 Å². The fraction of sp³-hybridized carbons (Fsp3) is 0.529. The van der Waals surface area contributed by atoms with Crippen molar-refractivity contribution >= 4 is 41.7 Å². The Morgan fingerprint density at radius 3 is 2.81 bits per heavy atom. The summed E-state index contributed by atoms with van der Waals surface area (Å²) in [7, 11) is 0. The summed E-state index contributed by atoms with van der Waals surface area (Å²) in [6.45, 7) is 3.70. The fourth-order valence-electron chi connectivity index (χ4n) is 2.95. The van der Waals surface area contributed by atoms with Crippen molar-refractivity contribution in [3.63, 3.8) is 0 Å². The molecule has 9 heteroatoms. The predicted molar refractivity (Wildman–Crippen MR) is 102 cm³/mol. The summed E-state index contributed by atoms with van der Waals surface area (Å²) in [5.41, 5.74) is 1.82. The Morgan fingerprint density at radius 1 is 1.27 bits per heavy atom. The Kier molecular flexibility index (Phi) is 8.15. The van der Waals surface area contributed by atoms with E-state index in [9.17, 15) is 14.0 Å². The number of halogens is 2. The maximum Gasteiger partial charge on any atom is 0.234 e. The number of carbonyl (C=O) groups is 2. The zero-order valence-electron chi connectivity index (χ0n) is 14.4. The van der Waals surface area contributed by atoms with Gasteiger partial charge in [0, 0.05) is 19.6 Å². The van der Waals surface area contributed by atoms with Gasteiger partial charge in [-0.3, -0.25) is 9.59 Å². The molecular weight excluding hydrogens is 381 g/mol. The Labute approximate surface area is 162 Å². The van der Waals surface area contributed by atoms with Gasteiger partial charge in [-0.15, -0.1) is 24.2 Å². The molecule has 2 aliphatic rings. The van der Waals surface area contributed by atoms with E-state index in [2.05, 4.69) is 10.6 Å². The number of morpholine rings is 1. The molecule has 6 nitrogen and oxygen atoms in total. The van der Waals surface area contributed by atoms with Crippen molar-refractivity contribution in [2.75, 3.05) is 49.7 Å². The second kappa shape index (κ2) is 10.1. The molecule has 1 aromatic rings. The van der Waals surface area contributed by atoms with E-state index in [-0.39, 0.29) is 47.2 Å². The number of nitrogens with zero attached hydrogens (tertiary/aromatic N) is 1. The lowest BCUT2D eigenvalue weighted by Gasteiger charge is -2.26. The third-order valence-corrected chi connectivity index (χ3v) is 5.22. The number of carbonyl (C=O) groups excluding carboxylic acids is 2. The van der Waals surface area contributed by atoms with Gasteiger partial charge in [-0.2, -0.15) is 0 Å². The van der Waals surface area contributed by atoms with Crippen LogP contribution in [0.2, 0.25) is 0 Å². The van der Waals surface area contributed by atoms with Gasteiger partial charge in [0.1, 0.15) is 5.82 Å². The molecule has 0 atom stereocenters. The SMILES string of the molecule is Cl.O=C(CSCC(=O)N1CCOCC1)Nc1ccc2c(c1F)CCNC2. The standard InChI is InChI=1S/C17H22FN3O3S.ClH/c18-17-13-3-4-19-9-12(13)1-2-14(17)20-15(22)10-25-11-16(23)21-5-7-24-8-6-21;/h1-2,19H,3-11H2,(H,20,22);1H. The quantitative estimate of drug-likeness (QED) is 0.778. The average molecular weight is 404 g/mol. The van der Waals surface area contributed by atoms with Crippen LogP contribution in [-0.2, 0) is 27.3 Å². The highest BCUT2D eigenvalue weighted by molar-refractivity contribution is 8.00. The minimum absolute atomic E-state index is 0. The van der Waals surface area contributed by atoms with Crippen LogP contribution in [0.4, 0.5) is 10.1 Å². The minimum atomic E-state index is -0.346. The van der Waals surface area contributed by atoms with Gasteiger partial charge in [-0.25, -0.2) is 4.39 Å². The molecule has 0 bridgehead atoms. The molecule has 1 aromatic carbocycles. The number of ether oxygens (including phenoxy) is 1. The minimum Gasteiger partial charge on any atom is -0.378 e. The molecule has 2 N–H and O–H groups in total. The van der Waals surface area contributed by atoms with Gasteiger partial charge in [0.15, 0.2) is 0 Å². The van der Waals surface area contributed by atoms with E-state index in [0.717, 1.165) is 12.1 Å². The van der Waals surface area contributed by atoms with Gasteiger partial charge in [0.25, 0.3) is 0 Å². The predicted octanol–water partition coefficient (Wildman–Crippen LogP) is 1.42. The first-order valence-corrected chi connectivity index (χ1v) is 9.54. The largest absolute Gasteiger partial charge is 0.378 e. The Balaban J connectivity index is 0.00000243. The number of amides is 2. The first-order valence-electron chi connectivity index (χ1n) is 8.39. The van der Waals surface area contributed by atoms with Gasteiger partial charge in [0.2, 0.25) is 11.8 Å². The molecule has 2 amide bonds. The summed E-state index contributed by atoms with van der Waals surface area (Å²) in [4.78, 5) is 25.8. The first-order chi connectivity index (χ1) is 12.1. The lowest BCUT2D eigenvalue weighted by molar-refractivity contribution is -0.132. The maximum atomic E-state index is 14.5. The van der Waals surface area contributed by atoms with Crippen molar-refractivity contribution in [3.8, 4) is 0 Å². The summed E-state index contributed by atoms with van der Waals surface area (Å²) in [6.07, 6.45) is 0.619. The van der Waals surface area contributed by atoms with Crippen LogP contribution in [0.5, 0.6) is 0 Å². The molecule has 144 valence electrons. The second-order valence-corrected chi connectivity index (χ2v) is 7.01. The van der Waals surface area contributed by atoms with Crippen LogP contribution in [0, 0.1) is 5.82 Å². The molecule has 0 aliphatic carbocycles. The van der Waals surface area contributed by atoms with E-state index >= 15 is 0 Å². The lowest BCUT2D eigenvalue weighted by atomic mass is 9.99. The van der Waals surface area contributed by atoms with Gasteiger partial charge >= 0.3 is 0 Å².